The number of aromatic nitrogens is 4. The average molecular weight is 412 g/mol. The van der Waals surface area contributed by atoms with Crippen molar-refractivity contribution in [2.45, 2.75) is 57.7 Å². The summed E-state index contributed by atoms with van der Waals surface area (Å²) in [7, 11) is 0. The van der Waals surface area contributed by atoms with E-state index in [9.17, 15) is 4.79 Å². The largest absolute Gasteiger partial charge is 0.352 e. The molecule has 0 bridgehead atoms. The number of amides is 1. The van der Waals surface area contributed by atoms with Gasteiger partial charge in [0.2, 0.25) is 11.7 Å². The van der Waals surface area contributed by atoms with E-state index >= 15 is 0 Å². The second kappa shape index (κ2) is 10.1. The molecule has 30 heavy (non-hydrogen) atoms. The van der Waals surface area contributed by atoms with Gasteiger partial charge in [-0.15, -0.1) is 10.2 Å². The zero-order chi connectivity index (χ0) is 20.8. The lowest BCUT2D eigenvalue weighted by Crippen LogP contribution is -2.54. The summed E-state index contributed by atoms with van der Waals surface area (Å²) in [5, 5.41) is 15.9. The Morgan fingerprint density at radius 1 is 1.07 bits per heavy atom. The molecule has 8 nitrogen and oxygen atoms in total. The molecule has 2 heterocycles. The lowest BCUT2D eigenvalue weighted by Gasteiger charge is -2.37. The summed E-state index contributed by atoms with van der Waals surface area (Å²) in [6.45, 7) is 8.01. The molecule has 1 aliphatic heterocycles. The SMILES string of the molecule is CC(C(=O)NC1CC1)N1CCN(CCCCCn2nnc(-c3ccccc3)n2)CC1. The standard InChI is InChI=1S/C22H33N7O/c1-18(22(30)23-20-10-11-20)28-16-14-27(15-17-28)12-6-3-7-13-29-25-21(24-26-29)19-8-4-2-5-9-19/h2,4-5,8-9,18,20H,3,6-7,10-17H2,1H3,(H,23,30). The first kappa shape index (κ1) is 20.9. The smallest absolute Gasteiger partial charge is 0.237 e. The molecule has 0 radical (unpaired) electrons. The third-order valence-electron chi connectivity index (χ3n) is 6.08. The van der Waals surface area contributed by atoms with Gasteiger partial charge in [0.1, 0.15) is 0 Å². The fourth-order valence-corrected chi connectivity index (χ4v) is 3.90. The molecule has 0 spiro atoms. The zero-order valence-electron chi connectivity index (χ0n) is 17.9. The van der Waals surface area contributed by atoms with Gasteiger partial charge in [-0.05, 0) is 44.4 Å². The van der Waals surface area contributed by atoms with E-state index < -0.39 is 0 Å². The summed E-state index contributed by atoms with van der Waals surface area (Å²) < 4.78 is 0. The minimum atomic E-state index is -0.0105. The number of carbonyl (C=O) groups excluding carboxylic acids is 1. The quantitative estimate of drug-likeness (QED) is 0.601. The molecule has 2 fully saturated rings. The molecule has 1 unspecified atom stereocenters. The van der Waals surface area contributed by atoms with Crippen molar-refractivity contribution < 1.29 is 4.79 Å². The second-order valence-corrected chi connectivity index (χ2v) is 8.47. The molecule has 2 aromatic rings. The lowest BCUT2D eigenvalue weighted by atomic mass is 10.2. The number of hydrogen-bond donors (Lipinski definition) is 1. The number of nitrogens with one attached hydrogen (secondary N) is 1. The number of benzene rings is 1. The molecule has 162 valence electrons. The summed E-state index contributed by atoms with van der Waals surface area (Å²) in [5.41, 5.74) is 1.00. The van der Waals surface area contributed by atoms with Gasteiger partial charge in [-0.25, -0.2) is 0 Å². The van der Waals surface area contributed by atoms with E-state index in [0.29, 0.717) is 11.9 Å². The molecular weight excluding hydrogens is 378 g/mol. The molecule has 8 heteroatoms. The second-order valence-electron chi connectivity index (χ2n) is 8.47. The number of nitrogens with zero attached hydrogens (tertiary/aromatic N) is 6. The van der Waals surface area contributed by atoms with Crippen molar-refractivity contribution in [3.8, 4) is 11.4 Å². The first-order valence-electron chi connectivity index (χ1n) is 11.3. The van der Waals surface area contributed by atoms with Crippen LogP contribution in [0.2, 0.25) is 0 Å². The van der Waals surface area contributed by atoms with Crippen LogP contribution >= 0.6 is 0 Å². The predicted molar refractivity (Wildman–Crippen MR) is 116 cm³/mol. The molecule has 1 N–H and O–H groups in total. The molecule has 1 aliphatic carbocycles. The number of tetrazole rings is 1. The first-order chi connectivity index (χ1) is 14.7. The van der Waals surface area contributed by atoms with Crippen molar-refractivity contribution in [3.05, 3.63) is 30.3 Å². The van der Waals surface area contributed by atoms with Gasteiger partial charge in [-0.2, -0.15) is 4.80 Å². The van der Waals surface area contributed by atoms with E-state index in [1.807, 2.05) is 37.3 Å². The van der Waals surface area contributed by atoms with E-state index in [-0.39, 0.29) is 11.9 Å². The fraction of sp³-hybridized carbons (Fsp3) is 0.636. The van der Waals surface area contributed by atoms with Crippen molar-refractivity contribution in [2.24, 2.45) is 0 Å². The topological polar surface area (TPSA) is 79.2 Å². The Morgan fingerprint density at radius 2 is 1.80 bits per heavy atom. The van der Waals surface area contributed by atoms with Crippen molar-refractivity contribution in [2.75, 3.05) is 32.7 Å². The van der Waals surface area contributed by atoms with Crippen molar-refractivity contribution >= 4 is 5.91 Å². The summed E-state index contributed by atoms with van der Waals surface area (Å²) in [5.74, 6) is 0.886. The van der Waals surface area contributed by atoms with E-state index in [1.165, 1.54) is 6.42 Å². The fourth-order valence-electron chi connectivity index (χ4n) is 3.90. The number of piperazine rings is 1. The minimum Gasteiger partial charge on any atom is -0.352 e. The Morgan fingerprint density at radius 3 is 2.53 bits per heavy atom. The summed E-state index contributed by atoms with van der Waals surface area (Å²) in [4.78, 5) is 18.8. The monoisotopic (exact) mass is 411 g/mol. The predicted octanol–water partition coefficient (Wildman–Crippen LogP) is 1.80. The Labute approximate surface area is 178 Å². The molecule has 1 amide bonds. The van der Waals surface area contributed by atoms with Crippen LogP contribution in [-0.4, -0.2) is 80.7 Å². The van der Waals surface area contributed by atoms with Gasteiger partial charge in [-0.3, -0.25) is 9.69 Å². The van der Waals surface area contributed by atoms with Crippen LogP contribution < -0.4 is 5.32 Å². The van der Waals surface area contributed by atoms with Crippen LogP contribution in [0.4, 0.5) is 0 Å². The van der Waals surface area contributed by atoms with Gasteiger partial charge in [0.15, 0.2) is 0 Å². The highest BCUT2D eigenvalue weighted by atomic mass is 16.2. The average Bonchev–Trinajstić information content (AvgIpc) is 3.47. The Bertz CT molecular complexity index is 797. The minimum absolute atomic E-state index is 0.0105. The van der Waals surface area contributed by atoms with Crippen molar-refractivity contribution in [3.63, 3.8) is 0 Å². The lowest BCUT2D eigenvalue weighted by molar-refractivity contribution is -0.126. The summed E-state index contributed by atoms with van der Waals surface area (Å²) in [6.07, 6.45) is 5.68. The van der Waals surface area contributed by atoms with Crippen LogP contribution in [0.5, 0.6) is 0 Å². The van der Waals surface area contributed by atoms with Crippen molar-refractivity contribution in [1.29, 1.82) is 0 Å². The number of hydrogen-bond acceptors (Lipinski definition) is 6. The van der Waals surface area contributed by atoms with Gasteiger partial charge in [0.05, 0.1) is 12.6 Å². The van der Waals surface area contributed by atoms with Crippen LogP contribution in [0.3, 0.4) is 0 Å². The van der Waals surface area contributed by atoms with Crippen LogP contribution in [0.1, 0.15) is 39.0 Å². The normalized spacial score (nSPS) is 19.0. The van der Waals surface area contributed by atoms with Crippen LogP contribution in [0.15, 0.2) is 30.3 Å². The highest BCUT2D eigenvalue weighted by Gasteiger charge is 2.29. The Kier molecular flexibility index (Phi) is 7.07. The van der Waals surface area contributed by atoms with Gasteiger partial charge < -0.3 is 10.2 Å². The molecule has 2 aliphatic rings. The molecule has 1 saturated heterocycles. The van der Waals surface area contributed by atoms with E-state index in [1.54, 1.807) is 4.80 Å². The maximum absolute atomic E-state index is 12.2. The third-order valence-corrected chi connectivity index (χ3v) is 6.08. The number of aryl methyl sites for hydroxylation is 1. The maximum Gasteiger partial charge on any atom is 0.237 e. The summed E-state index contributed by atoms with van der Waals surface area (Å²) >= 11 is 0. The molecule has 1 saturated carbocycles. The van der Waals surface area contributed by atoms with Crippen molar-refractivity contribution in [1.82, 2.24) is 35.3 Å². The highest BCUT2D eigenvalue weighted by molar-refractivity contribution is 5.81. The van der Waals surface area contributed by atoms with E-state index in [0.717, 1.165) is 70.5 Å². The first-order valence-corrected chi connectivity index (χ1v) is 11.3. The molecule has 4 rings (SSSR count). The maximum atomic E-state index is 12.2. The Balaban J connectivity index is 1.09. The summed E-state index contributed by atoms with van der Waals surface area (Å²) in [6, 6.07) is 10.4. The molecule has 1 atom stereocenters. The Hall–Kier alpha value is -2.32. The third kappa shape index (κ3) is 5.86. The van der Waals surface area contributed by atoms with Crippen LogP contribution in [0.25, 0.3) is 11.4 Å². The number of carbonyl (C=O) groups is 1. The number of rotatable bonds is 10. The molecular formula is C22H33N7O. The van der Waals surface area contributed by atoms with Gasteiger partial charge >= 0.3 is 0 Å². The number of unbranched alkanes of at least 4 members (excludes halogenated alkanes) is 2. The van der Waals surface area contributed by atoms with Crippen LogP contribution in [0, 0.1) is 0 Å². The zero-order valence-corrected chi connectivity index (χ0v) is 17.9. The van der Waals surface area contributed by atoms with Gasteiger partial charge in [0.25, 0.3) is 0 Å². The van der Waals surface area contributed by atoms with E-state index in [4.69, 9.17) is 0 Å². The molecule has 1 aromatic heterocycles. The molecule has 1 aromatic carbocycles. The van der Waals surface area contributed by atoms with Gasteiger partial charge in [-0.1, -0.05) is 36.8 Å². The van der Waals surface area contributed by atoms with Crippen LogP contribution in [-0.2, 0) is 11.3 Å². The van der Waals surface area contributed by atoms with E-state index in [2.05, 4.69) is 30.5 Å². The highest BCUT2D eigenvalue weighted by Crippen LogP contribution is 2.19. The van der Waals surface area contributed by atoms with Gasteiger partial charge in [0, 0.05) is 37.8 Å².